The number of benzene rings is 2. The summed E-state index contributed by atoms with van der Waals surface area (Å²) in [7, 11) is 0. The van der Waals surface area contributed by atoms with E-state index in [0.29, 0.717) is 13.0 Å². The molecule has 1 unspecified atom stereocenters. The van der Waals surface area contributed by atoms with Gasteiger partial charge in [0.2, 0.25) is 5.91 Å². The largest absolute Gasteiger partial charge is 0.491 e. The third-order valence-electron chi connectivity index (χ3n) is 4.11. The Labute approximate surface area is 139 Å². The summed E-state index contributed by atoms with van der Waals surface area (Å²) >= 11 is 0. The summed E-state index contributed by atoms with van der Waals surface area (Å²) in [5, 5.41) is 0. The minimum atomic E-state index is -0.672. The molecule has 0 radical (unpaired) electrons. The van der Waals surface area contributed by atoms with Gasteiger partial charge >= 0.3 is 0 Å². The second-order valence-electron chi connectivity index (χ2n) is 5.68. The molecule has 0 fully saturated rings. The Balaban J connectivity index is 1.85. The van der Waals surface area contributed by atoms with Crippen molar-refractivity contribution in [3.05, 3.63) is 77.9 Å². The van der Waals surface area contributed by atoms with E-state index in [-0.39, 0.29) is 24.1 Å². The molecule has 1 aliphatic rings. The Morgan fingerprint density at radius 1 is 1.29 bits per heavy atom. The summed E-state index contributed by atoms with van der Waals surface area (Å²) in [5.74, 6) is -0.832. The fraction of sp³-hybridized carbons (Fsp3) is 0.211. The molecule has 0 bridgehead atoms. The Morgan fingerprint density at radius 3 is 2.83 bits per heavy atom. The number of ether oxygens (including phenoxy) is 1. The number of hydrogen-bond acceptors (Lipinski definition) is 2. The molecule has 0 saturated carbocycles. The average Bonchev–Trinajstić information content (AvgIpc) is 2.60. The number of hydrogen-bond donors (Lipinski definition) is 0. The molecule has 0 saturated heterocycles. The quantitative estimate of drug-likeness (QED) is 0.804. The molecule has 24 heavy (non-hydrogen) atoms. The normalized spacial score (nSPS) is 16.0. The summed E-state index contributed by atoms with van der Waals surface area (Å²) in [6, 6.07) is 10.7. The monoisotopic (exact) mass is 329 g/mol. The van der Waals surface area contributed by atoms with E-state index in [0.717, 1.165) is 17.4 Å². The van der Waals surface area contributed by atoms with Crippen LogP contribution in [0.5, 0.6) is 5.75 Å². The van der Waals surface area contributed by atoms with Crippen LogP contribution in [-0.4, -0.2) is 23.5 Å². The van der Waals surface area contributed by atoms with Crippen molar-refractivity contribution in [2.45, 2.75) is 19.0 Å². The number of carbonyl (C=O) groups excluding carboxylic acids is 1. The number of halogens is 2. The highest BCUT2D eigenvalue weighted by atomic mass is 19.1. The minimum absolute atomic E-state index is 0.0349. The molecular formula is C19H17F2NO2. The lowest BCUT2D eigenvalue weighted by Gasteiger charge is -2.34. The highest BCUT2D eigenvalue weighted by molar-refractivity contribution is 5.87. The summed E-state index contributed by atoms with van der Waals surface area (Å²) in [4.78, 5) is 13.8. The average molecular weight is 329 g/mol. The first-order chi connectivity index (χ1) is 11.6. The van der Waals surface area contributed by atoms with Gasteiger partial charge in [0.1, 0.15) is 24.0 Å². The number of fused-ring (bicyclic) bond motifs is 1. The summed E-state index contributed by atoms with van der Waals surface area (Å²) < 4.78 is 32.7. The molecule has 0 spiro atoms. The van der Waals surface area contributed by atoms with Gasteiger partial charge in [0.25, 0.3) is 0 Å². The SMILES string of the molecule is C=CC(=O)N(Cc1ccc(F)cc1F)C1COc2ccccc2C1. The van der Waals surface area contributed by atoms with Crippen molar-refractivity contribution >= 4 is 5.91 Å². The van der Waals surface area contributed by atoms with Gasteiger partial charge in [-0.2, -0.15) is 0 Å². The molecule has 3 rings (SSSR count). The maximum Gasteiger partial charge on any atom is 0.246 e. The molecule has 3 nitrogen and oxygen atoms in total. The molecule has 1 heterocycles. The molecule has 124 valence electrons. The number of para-hydroxylation sites is 1. The van der Waals surface area contributed by atoms with Crippen LogP contribution in [0.4, 0.5) is 8.78 Å². The number of nitrogens with zero attached hydrogens (tertiary/aromatic N) is 1. The lowest BCUT2D eigenvalue weighted by Crippen LogP contribution is -2.45. The van der Waals surface area contributed by atoms with E-state index in [2.05, 4.69) is 6.58 Å². The van der Waals surface area contributed by atoms with Gasteiger partial charge in [0, 0.05) is 18.2 Å². The number of amides is 1. The topological polar surface area (TPSA) is 29.5 Å². The lowest BCUT2D eigenvalue weighted by atomic mass is 10.0. The molecule has 5 heteroatoms. The molecule has 0 aliphatic carbocycles. The van der Waals surface area contributed by atoms with Crippen molar-refractivity contribution in [1.82, 2.24) is 4.90 Å². The molecule has 2 aromatic rings. The standard InChI is InChI=1S/C19H17F2NO2/c1-2-19(23)22(11-14-7-8-15(20)10-17(14)21)16-9-13-5-3-4-6-18(13)24-12-16/h2-8,10,16H,1,9,11-12H2. The van der Waals surface area contributed by atoms with Crippen molar-refractivity contribution in [2.75, 3.05) is 6.61 Å². The number of carbonyl (C=O) groups is 1. The van der Waals surface area contributed by atoms with E-state index >= 15 is 0 Å². The Bertz CT molecular complexity index is 776. The molecule has 1 amide bonds. The van der Waals surface area contributed by atoms with Crippen LogP contribution < -0.4 is 4.74 Å². The smallest absolute Gasteiger partial charge is 0.246 e. The maximum atomic E-state index is 13.9. The third kappa shape index (κ3) is 3.30. The van der Waals surface area contributed by atoms with Gasteiger partial charge in [-0.15, -0.1) is 0 Å². The zero-order valence-electron chi connectivity index (χ0n) is 13.0. The van der Waals surface area contributed by atoms with Gasteiger partial charge < -0.3 is 9.64 Å². The minimum Gasteiger partial charge on any atom is -0.491 e. The highest BCUT2D eigenvalue weighted by Gasteiger charge is 2.28. The first kappa shape index (κ1) is 16.2. The zero-order valence-corrected chi connectivity index (χ0v) is 13.0. The Kier molecular flexibility index (Phi) is 4.60. The molecule has 0 N–H and O–H groups in total. The second-order valence-corrected chi connectivity index (χ2v) is 5.68. The van der Waals surface area contributed by atoms with Crippen LogP contribution in [0.2, 0.25) is 0 Å². The van der Waals surface area contributed by atoms with E-state index in [1.54, 1.807) is 0 Å². The fourth-order valence-corrected chi connectivity index (χ4v) is 2.85. The van der Waals surface area contributed by atoms with E-state index < -0.39 is 11.6 Å². The van der Waals surface area contributed by atoms with Crippen molar-refractivity contribution < 1.29 is 18.3 Å². The van der Waals surface area contributed by atoms with Crippen molar-refractivity contribution in [2.24, 2.45) is 0 Å². The van der Waals surface area contributed by atoms with Gasteiger partial charge in [-0.05, 0) is 30.2 Å². The van der Waals surface area contributed by atoms with Gasteiger partial charge in [-0.3, -0.25) is 4.79 Å². The van der Waals surface area contributed by atoms with Gasteiger partial charge in [-0.1, -0.05) is 30.8 Å². The van der Waals surface area contributed by atoms with Crippen molar-refractivity contribution in [3.8, 4) is 5.75 Å². The van der Waals surface area contributed by atoms with E-state index in [1.807, 2.05) is 24.3 Å². The predicted octanol–water partition coefficient (Wildman–Crippen LogP) is 3.48. The second kappa shape index (κ2) is 6.83. The first-order valence-corrected chi connectivity index (χ1v) is 7.66. The van der Waals surface area contributed by atoms with Crippen LogP contribution in [0.15, 0.2) is 55.1 Å². The van der Waals surface area contributed by atoms with Crippen LogP contribution >= 0.6 is 0 Å². The zero-order chi connectivity index (χ0) is 17.1. The molecule has 1 aliphatic heterocycles. The Morgan fingerprint density at radius 2 is 2.08 bits per heavy atom. The van der Waals surface area contributed by atoms with Crippen LogP contribution in [0.1, 0.15) is 11.1 Å². The van der Waals surface area contributed by atoms with E-state index in [1.165, 1.54) is 23.1 Å². The van der Waals surface area contributed by atoms with Crippen molar-refractivity contribution in [3.63, 3.8) is 0 Å². The number of rotatable bonds is 4. The van der Waals surface area contributed by atoms with Gasteiger partial charge in [0.05, 0.1) is 6.04 Å². The van der Waals surface area contributed by atoms with Crippen LogP contribution in [0, 0.1) is 11.6 Å². The molecule has 1 atom stereocenters. The van der Waals surface area contributed by atoms with Gasteiger partial charge in [0.15, 0.2) is 0 Å². The van der Waals surface area contributed by atoms with Crippen molar-refractivity contribution in [1.29, 1.82) is 0 Å². The lowest BCUT2D eigenvalue weighted by molar-refractivity contribution is -0.130. The van der Waals surface area contributed by atoms with Crippen LogP contribution in [-0.2, 0) is 17.8 Å². The molecule has 0 aromatic heterocycles. The van der Waals surface area contributed by atoms with Gasteiger partial charge in [-0.25, -0.2) is 8.78 Å². The fourth-order valence-electron chi connectivity index (χ4n) is 2.85. The molecular weight excluding hydrogens is 312 g/mol. The maximum absolute atomic E-state index is 13.9. The first-order valence-electron chi connectivity index (χ1n) is 7.66. The van der Waals surface area contributed by atoms with E-state index in [4.69, 9.17) is 4.74 Å². The van der Waals surface area contributed by atoms with Crippen LogP contribution in [0.25, 0.3) is 0 Å². The van der Waals surface area contributed by atoms with Crippen LogP contribution in [0.3, 0.4) is 0 Å². The Hall–Kier alpha value is -2.69. The van der Waals surface area contributed by atoms with E-state index in [9.17, 15) is 13.6 Å². The highest BCUT2D eigenvalue weighted by Crippen LogP contribution is 2.27. The predicted molar refractivity (Wildman–Crippen MR) is 86.5 cm³/mol. The molecule has 2 aromatic carbocycles. The third-order valence-corrected chi connectivity index (χ3v) is 4.11. The summed E-state index contributed by atoms with van der Waals surface area (Å²) in [5.41, 5.74) is 1.25. The summed E-state index contributed by atoms with van der Waals surface area (Å²) in [6.07, 6.45) is 1.81. The summed E-state index contributed by atoms with van der Waals surface area (Å²) in [6.45, 7) is 3.87.